The summed E-state index contributed by atoms with van der Waals surface area (Å²) in [5.41, 5.74) is 3.46. The molecule has 20 heavy (non-hydrogen) atoms. The van der Waals surface area contributed by atoms with Crippen LogP contribution in [0.25, 0.3) is 0 Å². The largest absolute Gasteiger partial charge is 0.488 e. The third-order valence-electron chi connectivity index (χ3n) is 2.95. The van der Waals surface area contributed by atoms with E-state index >= 15 is 0 Å². The molecule has 2 heteroatoms. The first-order chi connectivity index (χ1) is 9.44. The van der Waals surface area contributed by atoms with Crippen LogP contribution in [-0.2, 0) is 6.54 Å². The van der Waals surface area contributed by atoms with Crippen molar-refractivity contribution in [2.45, 2.75) is 39.8 Å². The molecule has 0 fully saturated rings. The Balaban J connectivity index is 2.03. The van der Waals surface area contributed by atoms with E-state index in [0.717, 1.165) is 18.0 Å². The molecule has 0 aliphatic rings. The zero-order valence-corrected chi connectivity index (χ0v) is 12.7. The van der Waals surface area contributed by atoms with Crippen molar-refractivity contribution in [1.82, 2.24) is 0 Å². The topological polar surface area (TPSA) is 21.3 Å². The maximum atomic E-state index is 5.87. The number of anilines is 1. The van der Waals surface area contributed by atoms with Gasteiger partial charge in [0.2, 0.25) is 0 Å². The molecule has 106 valence electrons. The Kier molecular flexibility index (Phi) is 4.33. The van der Waals surface area contributed by atoms with Crippen LogP contribution in [0.15, 0.2) is 48.5 Å². The molecule has 0 radical (unpaired) electrons. The molecule has 2 aromatic rings. The average Bonchev–Trinajstić information content (AvgIpc) is 2.37. The summed E-state index contributed by atoms with van der Waals surface area (Å²) < 4.78 is 5.87. The number of nitrogens with one attached hydrogen (secondary N) is 1. The molecule has 0 amide bonds. The van der Waals surface area contributed by atoms with E-state index in [0.29, 0.717) is 0 Å². The summed E-state index contributed by atoms with van der Waals surface area (Å²) in [6.45, 7) is 9.11. The Bertz CT molecular complexity index is 555. The second-order valence-electron chi connectivity index (χ2n) is 6.03. The van der Waals surface area contributed by atoms with E-state index in [1.165, 1.54) is 11.1 Å². The molecule has 0 unspecified atom stereocenters. The molecule has 0 aromatic heterocycles. The Morgan fingerprint density at radius 1 is 1.00 bits per heavy atom. The van der Waals surface area contributed by atoms with Crippen LogP contribution in [0.2, 0.25) is 0 Å². The van der Waals surface area contributed by atoms with E-state index in [1.807, 2.05) is 12.1 Å². The third-order valence-corrected chi connectivity index (χ3v) is 2.95. The Morgan fingerprint density at radius 3 is 2.30 bits per heavy atom. The van der Waals surface area contributed by atoms with E-state index in [1.54, 1.807) is 0 Å². The second kappa shape index (κ2) is 6.00. The lowest BCUT2D eigenvalue weighted by molar-refractivity contribution is 0.131. The van der Waals surface area contributed by atoms with Gasteiger partial charge in [0.15, 0.2) is 0 Å². The summed E-state index contributed by atoms with van der Waals surface area (Å²) >= 11 is 0. The fourth-order valence-electron chi connectivity index (χ4n) is 2.04. The van der Waals surface area contributed by atoms with E-state index in [2.05, 4.69) is 69.4 Å². The van der Waals surface area contributed by atoms with Crippen molar-refractivity contribution in [3.8, 4) is 5.75 Å². The second-order valence-corrected chi connectivity index (χ2v) is 6.03. The molecule has 0 bridgehead atoms. The highest BCUT2D eigenvalue weighted by atomic mass is 16.5. The smallest absolute Gasteiger partial charge is 0.120 e. The van der Waals surface area contributed by atoms with Crippen LogP contribution in [0.5, 0.6) is 5.75 Å². The molecule has 0 aliphatic heterocycles. The van der Waals surface area contributed by atoms with E-state index in [9.17, 15) is 0 Å². The number of benzene rings is 2. The maximum absolute atomic E-state index is 5.87. The zero-order chi connectivity index (χ0) is 14.6. The molecule has 2 aromatic carbocycles. The lowest BCUT2D eigenvalue weighted by atomic mass is 10.1. The molecule has 2 nitrogen and oxygen atoms in total. The summed E-state index contributed by atoms with van der Waals surface area (Å²) in [5, 5.41) is 3.46. The summed E-state index contributed by atoms with van der Waals surface area (Å²) in [6, 6.07) is 16.6. The highest BCUT2D eigenvalue weighted by Crippen LogP contribution is 2.24. The normalized spacial score (nSPS) is 11.2. The van der Waals surface area contributed by atoms with Gasteiger partial charge >= 0.3 is 0 Å². The predicted molar refractivity (Wildman–Crippen MR) is 85.3 cm³/mol. The van der Waals surface area contributed by atoms with Crippen molar-refractivity contribution < 1.29 is 4.74 Å². The van der Waals surface area contributed by atoms with Gasteiger partial charge in [-0.2, -0.15) is 0 Å². The van der Waals surface area contributed by atoms with Crippen molar-refractivity contribution >= 4 is 5.69 Å². The fourth-order valence-corrected chi connectivity index (χ4v) is 2.04. The summed E-state index contributed by atoms with van der Waals surface area (Å²) in [5.74, 6) is 0.917. The molecule has 1 N–H and O–H groups in total. The van der Waals surface area contributed by atoms with Gasteiger partial charge in [0.05, 0.1) is 0 Å². The highest BCUT2D eigenvalue weighted by Gasteiger charge is 2.12. The molecular weight excluding hydrogens is 246 g/mol. The molecule has 2 rings (SSSR count). The minimum Gasteiger partial charge on any atom is -0.488 e. The van der Waals surface area contributed by atoms with Crippen LogP contribution in [0.4, 0.5) is 5.69 Å². The molecule has 0 spiro atoms. The average molecular weight is 269 g/mol. The molecule has 0 atom stereocenters. The van der Waals surface area contributed by atoms with Crippen LogP contribution in [0, 0.1) is 6.92 Å². The van der Waals surface area contributed by atoms with Crippen LogP contribution in [-0.4, -0.2) is 5.60 Å². The van der Waals surface area contributed by atoms with Gasteiger partial charge in [0, 0.05) is 12.2 Å². The first kappa shape index (κ1) is 14.4. The van der Waals surface area contributed by atoms with Gasteiger partial charge in [0.25, 0.3) is 0 Å². The molecule has 0 heterocycles. The van der Waals surface area contributed by atoms with E-state index < -0.39 is 0 Å². The first-order valence-electron chi connectivity index (χ1n) is 7.01. The Hall–Kier alpha value is -1.96. The van der Waals surface area contributed by atoms with Gasteiger partial charge in [-0.15, -0.1) is 0 Å². The van der Waals surface area contributed by atoms with Crippen molar-refractivity contribution in [2.75, 3.05) is 5.32 Å². The van der Waals surface area contributed by atoms with Gasteiger partial charge in [0.1, 0.15) is 11.4 Å². The van der Waals surface area contributed by atoms with Crippen molar-refractivity contribution in [2.24, 2.45) is 0 Å². The van der Waals surface area contributed by atoms with E-state index in [-0.39, 0.29) is 5.60 Å². The minimum atomic E-state index is -0.161. The quantitative estimate of drug-likeness (QED) is 0.862. The van der Waals surface area contributed by atoms with Gasteiger partial charge in [-0.1, -0.05) is 30.3 Å². The Labute approximate surface area is 121 Å². The first-order valence-corrected chi connectivity index (χ1v) is 7.01. The summed E-state index contributed by atoms with van der Waals surface area (Å²) in [4.78, 5) is 0. The Morgan fingerprint density at radius 2 is 1.70 bits per heavy atom. The lowest BCUT2D eigenvalue weighted by Crippen LogP contribution is -2.22. The van der Waals surface area contributed by atoms with E-state index in [4.69, 9.17) is 4.74 Å². The van der Waals surface area contributed by atoms with Crippen LogP contribution in [0.3, 0.4) is 0 Å². The third kappa shape index (κ3) is 4.30. The van der Waals surface area contributed by atoms with Gasteiger partial charge in [-0.25, -0.2) is 0 Å². The lowest BCUT2D eigenvalue weighted by Gasteiger charge is -2.22. The number of hydrogen-bond acceptors (Lipinski definition) is 2. The van der Waals surface area contributed by atoms with Crippen LogP contribution < -0.4 is 10.1 Å². The monoisotopic (exact) mass is 269 g/mol. The molecule has 0 saturated carbocycles. The SMILES string of the molecule is Cc1cc(OC(C)(C)C)ccc1NCc1ccccc1. The highest BCUT2D eigenvalue weighted by molar-refractivity contribution is 5.53. The summed E-state index contributed by atoms with van der Waals surface area (Å²) in [7, 11) is 0. The van der Waals surface area contributed by atoms with Gasteiger partial charge < -0.3 is 10.1 Å². The van der Waals surface area contributed by atoms with Gasteiger partial charge in [-0.3, -0.25) is 0 Å². The van der Waals surface area contributed by atoms with Crippen LogP contribution in [0.1, 0.15) is 31.9 Å². The zero-order valence-electron chi connectivity index (χ0n) is 12.7. The number of rotatable bonds is 4. The number of aryl methyl sites for hydroxylation is 1. The maximum Gasteiger partial charge on any atom is 0.120 e. The molecular formula is C18H23NO. The number of hydrogen-bond donors (Lipinski definition) is 1. The standard InChI is InChI=1S/C18H23NO/c1-14-12-16(20-18(2,3)4)10-11-17(14)19-13-15-8-6-5-7-9-15/h5-12,19H,13H2,1-4H3. The molecule has 0 saturated heterocycles. The van der Waals surface area contributed by atoms with Gasteiger partial charge in [-0.05, 0) is 57.0 Å². The fraction of sp³-hybridized carbons (Fsp3) is 0.333. The van der Waals surface area contributed by atoms with Crippen molar-refractivity contribution in [1.29, 1.82) is 0 Å². The van der Waals surface area contributed by atoms with Crippen LogP contribution >= 0.6 is 0 Å². The minimum absolute atomic E-state index is 0.161. The van der Waals surface area contributed by atoms with Crippen molar-refractivity contribution in [3.63, 3.8) is 0 Å². The van der Waals surface area contributed by atoms with Crippen molar-refractivity contribution in [3.05, 3.63) is 59.7 Å². The summed E-state index contributed by atoms with van der Waals surface area (Å²) in [6.07, 6.45) is 0. The predicted octanol–water partition coefficient (Wildman–Crippen LogP) is 4.78. The number of ether oxygens (including phenoxy) is 1. The molecule has 0 aliphatic carbocycles.